The van der Waals surface area contributed by atoms with Gasteiger partial charge in [-0.25, -0.2) is 0 Å². The number of hydrogen-bond acceptors (Lipinski definition) is 4. The zero-order chi connectivity index (χ0) is 13.4. The molecule has 0 saturated carbocycles. The summed E-state index contributed by atoms with van der Waals surface area (Å²) in [5.41, 5.74) is 6.74. The highest BCUT2D eigenvalue weighted by Crippen LogP contribution is 2.15. The Morgan fingerprint density at radius 2 is 2.17 bits per heavy atom. The average Bonchev–Trinajstić information content (AvgIpc) is 2.37. The Kier molecular flexibility index (Phi) is 5.68. The Morgan fingerprint density at radius 3 is 2.72 bits per heavy atom. The second-order valence-electron chi connectivity index (χ2n) is 3.90. The third kappa shape index (κ3) is 4.85. The molecule has 3 N–H and O–H groups in total. The molecule has 96 valence electrons. The molecule has 1 unspecified atom stereocenters. The molecule has 5 heteroatoms. The van der Waals surface area contributed by atoms with E-state index in [4.69, 9.17) is 15.7 Å². The fourth-order valence-corrected chi connectivity index (χ4v) is 1.33. The van der Waals surface area contributed by atoms with Gasteiger partial charge in [0.15, 0.2) is 6.61 Å². The lowest BCUT2D eigenvalue weighted by molar-refractivity contribution is -0.123. The Morgan fingerprint density at radius 1 is 1.50 bits per heavy atom. The summed E-state index contributed by atoms with van der Waals surface area (Å²) >= 11 is 0. The molecule has 0 radical (unpaired) electrons. The first-order valence-electron chi connectivity index (χ1n) is 5.75. The maximum atomic E-state index is 11.3. The van der Waals surface area contributed by atoms with Crippen molar-refractivity contribution >= 4 is 5.91 Å². The van der Waals surface area contributed by atoms with Gasteiger partial charge in [-0.05, 0) is 24.6 Å². The SMILES string of the molecule is CC(N)c1ccc(OCC(=O)NCCC#N)cc1. The zero-order valence-electron chi connectivity index (χ0n) is 10.3. The van der Waals surface area contributed by atoms with Crippen LogP contribution in [0.2, 0.25) is 0 Å². The molecule has 1 atom stereocenters. The largest absolute Gasteiger partial charge is 0.484 e. The van der Waals surface area contributed by atoms with Crippen molar-refractivity contribution in [3.63, 3.8) is 0 Å². The van der Waals surface area contributed by atoms with Gasteiger partial charge in [-0.2, -0.15) is 5.26 Å². The van der Waals surface area contributed by atoms with Gasteiger partial charge in [0.2, 0.25) is 0 Å². The quantitative estimate of drug-likeness (QED) is 0.737. The highest BCUT2D eigenvalue weighted by atomic mass is 16.5. The number of nitriles is 1. The van der Waals surface area contributed by atoms with Crippen molar-refractivity contribution in [1.29, 1.82) is 5.26 Å². The molecular weight excluding hydrogens is 230 g/mol. The molecule has 0 aliphatic carbocycles. The van der Waals surface area contributed by atoms with Gasteiger partial charge >= 0.3 is 0 Å². The summed E-state index contributed by atoms with van der Waals surface area (Å²) in [7, 11) is 0. The van der Waals surface area contributed by atoms with Gasteiger partial charge in [0.25, 0.3) is 5.91 Å². The lowest BCUT2D eigenvalue weighted by atomic mass is 10.1. The molecule has 0 aliphatic rings. The normalized spacial score (nSPS) is 11.4. The molecule has 0 aliphatic heterocycles. The van der Waals surface area contributed by atoms with Crippen LogP contribution in [0.4, 0.5) is 0 Å². The Labute approximate surface area is 107 Å². The summed E-state index contributed by atoms with van der Waals surface area (Å²) in [5.74, 6) is 0.386. The van der Waals surface area contributed by atoms with Gasteiger partial charge in [0.1, 0.15) is 5.75 Å². The van der Waals surface area contributed by atoms with Gasteiger partial charge < -0.3 is 15.8 Å². The fraction of sp³-hybridized carbons (Fsp3) is 0.385. The van der Waals surface area contributed by atoms with Crippen LogP contribution >= 0.6 is 0 Å². The van der Waals surface area contributed by atoms with Crippen LogP contribution < -0.4 is 15.8 Å². The van der Waals surface area contributed by atoms with Crippen molar-refractivity contribution in [2.45, 2.75) is 19.4 Å². The molecule has 0 saturated heterocycles. The van der Waals surface area contributed by atoms with E-state index in [-0.39, 0.29) is 18.6 Å². The lowest BCUT2D eigenvalue weighted by Crippen LogP contribution is -2.29. The third-order valence-electron chi connectivity index (χ3n) is 2.33. The lowest BCUT2D eigenvalue weighted by Gasteiger charge is -2.08. The maximum absolute atomic E-state index is 11.3. The van der Waals surface area contributed by atoms with E-state index in [1.807, 2.05) is 25.1 Å². The molecule has 1 rings (SSSR count). The molecule has 18 heavy (non-hydrogen) atoms. The van der Waals surface area contributed by atoms with Crippen molar-refractivity contribution in [3.8, 4) is 11.8 Å². The standard InChI is InChI=1S/C13H17N3O2/c1-10(15)11-3-5-12(6-4-11)18-9-13(17)16-8-2-7-14/h3-6,10H,2,8-9,15H2,1H3,(H,16,17). The van der Waals surface area contributed by atoms with Crippen LogP contribution in [0.1, 0.15) is 24.9 Å². The predicted octanol–water partition coefficient (Wildman–Crippen LogP) is 1.11. The van der Waals surface area contributed by atoms with Crippen molar-refractivity contribution in [1.82, 2.24) is 5.32 Å². The number of nitrogens with two attached hydrogens (primary N) is 1. The first kappa shape index (κ1) is 14.0. The smallest absolute Gasteiger partial charge is 0.257 e. The maximum Gasteiger partial charge on any atom is 0.257 e. The Balaban J connectivity index is 2.35. The number of rotatable bonds is 6. The van der Waals surface area contributed by atoms with Gasteiger partial charge in [-0.3, -0.25) is 4.79 Å². The van der Waals surface area contributed by atoms with E-state index < -0.39 is 0 Å². The molecule has 1 aromatic carbocycles. The zero-order valence-corrected chi connectivity index (χ0v) is 10.3. The van der Waals surface area contributed by atoms with Gasteiger partial charge in [-0.1, -0.05) is 12.1 Å². The van der Waals surface area contributed by atoms with E-state index in [0.29, 0.717) is 18.7 Å². The molecule has 1 amide bonds. The van der Waals surface area contributed by atoms with Crippen LogP contribution in [-0.2, 0) is 4.79 Å². The molecule has 0 bridgehead atoms. The van der Waals surface area contributed by atoms with E-state index in [1.165, 1.54) is 0 Å². The van der Waals surface area contributed by atoms with Crippen LogP contribution in [-0.4, -0.2) is 19.1 Å². The average molecular weight is 247 g/mol. The van der Waals surface area contributed by atoms with Crippen LogP contribution in [0.5, 0.6) is 5.75 Å². The number of nitrogens with zero attached hydrogens (tertiary/aromatic N) is 1. The van der Waals surface area contributed by atoms with Gasteiger partial charge in [0.05, 0.1) is 12.5 Å². The number of amides is 1. The van der Waals surface area contributed by atoms with Crippen LogP contribution in [0.25, 0.3) is 0 Å². The second-order valence-corrected chi connectivity index (χ2v) is 3.90. The summed E-state index contributed by atoms with van der Waals surface area (Å²) in [4.78, 5) is 11.3. The van der Waals surface area contributed by atoms with Crippen molar-refractivity contribution in [3.05, 3.63) is 29.8 Å². The molecule has 0 spiro atoms. The monoisotopic (exact) mass is 247 g/mol. The summed E-state index contributed by atoms with van der Waals surface area (Å²) in [6.45, 7) is 2.20. The fourth-order valence-electron chi connectivity index (χ4n) is 1.33. The van der Waals surface area contributed by atoms with E-state index in [1.54, 1.807) is 12.1 Å². The molecule has 0 fully saturated rings. The van der Waals surface area contributed by atoms with Gasteiger partial charge in [-0.15, -0.1) is 0 Å². The van der Waals surface area contributed by atoms with Crippen molar-refractivity contribution < 1.29 is 9.53 Å². The summed E-state index contributed by atoms with van der Waals surface area (Å²) in [6.07, 6.45) is 0.300. The predicted molar refractivity (Wildman–Crippen MR) is 67.8 cm³/mol. The summed E-state index contributed by atoms with van der Waals surface area (Å²) in [5, 5.41) is 10.9. The van der Waals surface area contributed by atoms with E-state index >= 15 is 0 Å². The van der Waals surface area contributed by atoms with Crippen LogP contribution in [0.15, 0.2) is 24.3 Å². The number of carbonyl (C=O) groups excluding carboxylic acids is 1. The summed E-state index contributed by atoms with van der Waals surface area (Å²) in [6, 6.07) is 9.22. The van der Waals surface area contributed by atoms with Crippen LogP contribution in [0, 0.1) is 11.3 Å². The molecular formula is C13H17N3O2. The number of benzene rings is 1. The first-order valence-corrected chi connectivity index (χ1v) is 5.75. The minimum Gasteiger partial charge on any atom is -0.484 e. The number of ether oxygens (including phenoxy) is 1. The highest BCUT2D eigenvalue weighted by molar-refractivity contribution is 5.77. The molecule has 1 aromatic rings. The van der Waals surface area contributed by atoms with E-state index in [2.05, 4.69) is 5.32 Å². The van der Waals surface area contributed by atoms with E-state index in [9.17, 15) is 4.79 Å². The second kappa shape index (κ2) is 7.30. The van der Waals surface area contributed by atoms with E-state index in [0.717, 1.165) is 5.56 Å². The number of hydrogen-bond donors (Lipinski definition) is 2. The summed E-state index contributed by atoms with van der Waals surface area (Å²) < 4.78 is 5.30. The number of nitrogens with one attached hydrogen (secondary N) is 1. The van der Waals surface area contributed by atoms with Crippen LogP contribution in [0.3, 0.4) is 0 Å². The Hall–Kier alpha value is -2.06. The molecule has 5 nitrogen and oxygen atoms in total. The van der Waals surface area contributed by atoms with Crippen molar-refractivity contribution in [2.75, 3.05) is 13.2 Å². The number of carbonyl (C=O) groups is 1. The first-order chi connectivity index (χ1) is 8.63. The molecule has 0 heterocycles. The topological polar surface area (TPSA) is 88.1 Å². The Bertz CT molecular complexity index is 421. The van der Waals surface area contributed by atoms with Crippen molar-refractivity contribution in [2.24, 2.45) is 5.73 Å². The minimum absolute atomic E-state index is 0.0201. The minimum atomic E-state index is -0.235. The highest BCUT2D eigenvalue weighted by Gasteiger charge is 2.03. The third-order valence-corrected chi connectivity index (χ3v) is 2.33. The molecule has 0 aromatic heterocycles. The van der Waals surface area contributed by atoms with Gasteiger partial charge in [0, 0.05) is 12.6 Å².